The highest BCUT2D eigenvalue weighted by Gasteiger charge is 2.10. The summed E-state index contributed by atoms with van der Waals surface area (Å²) in [5.74, 6) is 1.26. The summed E-state index contributed by atoms with van der Waals surface area (Å²) in [6.07, 6.45) is 0. The second-order valence-electron chi connectivity index (χ2n) is 4.49. The molecule has 21 heavy (non-hydrogen) atoms. The van der Waals surface area contributed by atoms with Gasteiger partial charge in [-0.15, -0.1) is 16.4 Å². The Balaban J connectivity index is 1.79. The average molecular weight is 315 g/mol. The van der Waals surface area contributed by atoms with Crippen LogP contribution in [0.5, 0.6) is 0 Å². The van der Waals surface area contributed by atoms with Gasteiger partial charge in [0.25, 0.3) is 0 Å². The van der Waals surface area contributed by atoms with Crippen LogP contribution in [-0.2, 0) is 4.79 Å². The molecule has 0 saturated carbocycles. The number of carbonyl (C=O) groups is 1. The first-order chi connectivity index (χ1) is 10.2. The zero-order valence-corrected chi connectivity index (χ0v) is 13.0. The Morgan fingerprint density at radius 2 is 1.95 bits per heavy atom. The number of hydrogen-bond donors (Lipinski definition) is 1. The Morgan fingerprint density at radius 1 is 1.19 bits per heavy atom. The van der Waals surface area contributed by atoms with Crippen molar-refractivity contribution >= 4 is 28.9 Å². The van der Waals surface area contributed by atoms with Crippen LogP contribution in [0.3, 0.4) is 0 Å². The monoisotopic (exact) mass is 315 g/mol. The number of hydrogen-bond acceptors (Lipinski definition) is 5. The van der Waals surface area contributed by atoms with Crippen molar-refractivity contribution in [3.8, 4) is 21.1 Å². The van der Waals surface area contributed by atoms with Gasteiger partial charge in [-0.25, -0.2) is 4.98 Å². The van der Waals surface area contributed by atoms with E-state index in [1.807, 2.05) is 24.3 Å². The Morgan fingerprint density at radius 3 is 2.71 bits per heavy atom. The maximum atomic E-state index is 11.0. The number of thioether (sulfide) groups is 1. The third-order valence-corrected chi connectivity index (χ3v) is 4.90. The smallest absolute Gasteiger partial charge is 0.209 e. The lowest BCUT2D eigenvalue weighted by atomic mass is 10.2. The average Bonchev–Trinajstić information content (AvgIpc) is 3.15. The highest BCUT2D eigenvalue weighted by Crippen LogP contribution is 2.33. The molecule has 0 aliphatic heterocycles. The van der Waals surface area contributed by atoms with Crippen molar-refractivity contribution in [2.75, 3.05) is 5.75 Å². The van der Waals surface area contributed by atoms with Crippen LogP contribution < -0.4 is 0 Å². The summed E-state index contributed by atoms with van der Waals surface area (Å²) in [6.45, 7) is 1.56. The normalized spacial score (nSPS) is 10.7. The van der Waals surface area contributed by atoms with E-state index in [2.05, 4.69) is 33.4 Å². The highest BCUT2D eigenvalue weighted by atomic mass is 32.2. The minimum absolute atomic E-state index is 0.119. The van der Waals surface area contributed by atoms with Gasteiger partial charge in [0.2, 0.25) is 5.16 Å². The highest BCUT2D eigenvalue weighted by molar-refractivity contribution is 7.99. The number of aromatic amines is 1. The number of carbonyl (C=O) groups excluding carboxylic acids is 1. The molecule has 2 heterocycles. The lowest BCUT2D eigenvalue weighted by Gasteiger charge is -1.94. The fourth-order valence-corrected chi connectivity index (χ4v) is 3.36. The number of rotatable bonds is 5. The summed E-state index contributed by atoms with van der Waals surface area (Å²) in [4.78, 5) is 17.6. The minimum Gasteiger partial charge on any atom is -0.299 e. The quantitative estimate of drug-likeness (QED) is 0.726. The molecule has 0 fully saturated rings. The van der Waals surface area contributed by atoms with E-state index in [1.54, 1.807) is 18.3 Å². The molecular formula is C15H13N3OS2. The van der Waals surface area contributed by atoms with E-state index in [0.29, 0.717) is 10.9 Å². The van der Waals surface area contributed by atoms with Crippen molar-refractivity contribution in [2.24, 2.45) is 0 Å². The molecule has 0 aliphatic rings. The topological polar surface area (TPSA) is 58.6 Å². The van der Waals surface area contributed by atoms with E-state index in [1.165, 1.54) is 22.2 Å². The molecule has 0 spiro atoms. The fraction of sp³-hybridized carbons (Fsp3) is 0.133. The molecule has 1 aromatic carbocycles. The van der Waals surface area contributed by atoms with Gasteiger partial charge in [-0.1, -0.05) is 42.1 Å². The first-order valence-corrected chi connectivity index (χ1v) is 8.23. The molecule has 2 aromatic heterocycles. The minimum atomic E-state index is 0.119. The molecule has 1 N–H and O–H groups in total. The van der Waals surface area contributed by atoms with E-state index >= 15 is 0 Å². The zero-order valence-electron chi connectivity index (χ0n) is 11.4. The van der Waals surface area contributed by atoms with Crippen LogP contribution in [0.1, 0.15) is 6.92 Å². The molecular weight excluding hydrogens is 302 g/mol. The second kappa shape index (κ2) is 6.24. The van der Waals surface area contributed by atoms with E-state index in [-0.39, 0.29) is 5.78 Å². The van der Waals surface area contributed by atoms with Crippen LogP contribution >= 0.6 is 23.1 Å². The fourth-order valence-electron chi connectivity index (χ4n) is 1.81. The number of benzene rings is 1. The Hall–Kier alpha value is -1.92. The number of nitrogens with zero attached hydrogens (tertiary/aromatic N) is 2. The van der Waals surface area contributed by atoms with Gasteiger partial charge in [0.1, 0.15) is 5.78 Å². The zero-order chi connectivity index (χ0) is 14.7. The summed E-state index contributed by atoms with van der Waals surface area (Å²) in [5, 5.41) is 7.66. The van der Waals surface area contributed by atoms with Crippen LogP contribution in [0.4, 0.5) is 0 Å². The Bertz CT molecular complexity index is 749. The van der Waals surface area contributed by atoms with Crippen molar-refractivity contribution in [2.45, 2.75) is 12.1 Å². The van der Waals surface area contributed by atoms with Crippen LogP contribution in [0.25, 0.3) is 21.1 Å². The molecule has 0 amide bonds. The predicted molar refractivity (Wildman–Crippen MR) is 86.5 cm³/mol. The molecule has 6 heteroatoms. The van der Waals surface area contributed by atoms with Crippen molar-refractivity contribution in [3.05, 3.63) is 42.5 Å². The molecule has 0 aliphatic carbocycles. The molecule has 0 atom stereocenters. The third kappa shape index (κ3) is 3.40. The van der Waals surface area contributed by atoms with Gasteiger partial charge in [0.15, 0.2) is 5.82 Å². The van der Waals surface area contributed by atoms with Crippen LogP contribution in [0.15, 0.2) is 47.6 Å². The van der Waals surface area contributed by atoms with E-state index in [9.17, 15) is 4.79 Å². The number of nitrogens with one attached hydrogen (secondary N) is 1. The van der Waals surface area contributed by atoms with Crippen LogP contribution in [0, 0.1) is 0 Å². The van der Waals surface area contributed by atoms with Crippen molar-refractivity contribution in [1.82, 2.24) is 15.2 Å². The van der Waals surface area contributed by atoms with Crippen LogP contribution in [-0.4, -0.2) is 26.7 Å². The molecule has 0 bridgehead atoms. The molecule has 0 radical (unpaired) electrons. The SMILES string of the molecule is CC(=O)CSc1n[nH]c(-c2ccc(-c3ccccc3)s2)n1. The van der Waals surface area contributed by atoms with Gasteiger partial charge < -0.3 is 0 Å². The summed E-state index contributed by atoms with van der Waals surface area (Å²) in [7, 11) is 0. The van der Waals surface area contributed by atoms with Crippen LogP contribution in [0.2, 0.25) is 0 Å². The van der Waals surface area contributed by atoms with Gasteiger partial charge in [0.05, 0.1) is 10.6 Å². The largest absolute Gasteiger partial charge is 0.299 e. The molecule has 3 aromatic rings. The van der Waals surface area contributed by atoms with E-state index in [4.69, 9.17) is 0 Å². The summed E-state index contributed by atoms with van der Waals surface area (Å²) >= 11 is 3.02. The number of ketones is 1. The number of aromatic nitrogens is 3. The standard InChI is InChI=1S/C15H13N3OS2/c1-10(19)9-20-15-16-14(17-18-15)13-8-7-12(21-13)11-5-3-2-4-6-11/h2-8H,9H2,1H3,(H,16,17,18). The third-order valence-electron chi connectivity index (χ3n) is 2.77. The summed E-state index contributed by atoms with van der Waals surface area (Å²) in [5.41, 5.74) is 1.19. The Kier molecular flexibility index (Phi) is 4.17. The summed E-state index contributed by atoms with van der Waals surface area (Å²) in [6, 6.07) is 14.4. The van der Waals surface area contributed by atoms with Crippen molar-refractivity contribution < 1.29 is 4.79 Å². The number of H-pyrrole nitrogens is 1. The first kappa shape index (κ1) is 14.0. The number of thiophene rings is 1. The van der Waals surface area contributed by atoms with Crippen molar-refractivity contribution in [3.63, 3.8) is 0 Å². The maximum Gasteiger partial charge on any atom is 0.209 e. The van der Waals surface area contributed by atoms with Gasteiger partial charge in [0, 0.05) is 4.88 Å². The number of Topliss-reactive ketones (excluding diaryl/α,β-unsaturated/α-hetero) is 1. The predicted octanol–water partition coefficient (Wildman–Crippen LogP) is 3.88. The van der Waals surface area contributed by atoms with E-state index in [0.717, 1.165) is 10.7 Å². The molecule has 106 valence electrons. The second-order valence-corrected chi connectivity index (χ2v) is 6.51. The van der Waals surface area contributed by atoms with Gasteiger partial charge in [-0.2, -0.15) is 0 Å². The summed E-state index contributed by atoms with van der Waals surface area (Å²) < 4.78 is 0. The molecule has 0 unspecified atom stereocenters. The molecule has 3 rings (SSSR count). The lowest BCUT2D eigenvalue weighted by molar-refractivity contribution is -0.114. The first-order valence-electron chi connectivity index (χ1n) is 6.42. The van der Waals surface area contributed by atoms with E-state index < -0.39 is 0 Å². The van der Waals surface area contributed by atoms with Gasteiger partial charge in [-0.05, 0) is 24.6 Å². The van der Waals surface area contributed by atoms with Gasteiger partial charge in [-0.3, -0.25) is 9.89 Å². The van der Waals surface area contributed by atoms with Crippen molar-refractivity contribution in [1.29, 1.82) is 0 Å². The maximum absolute atomic E-state index is 11.0. The Labute approximate surface area is 130 Å². The van der Waals surface area contributed by atoms with Gasteiger partial charge >= 0.3 is 0 Å². The molecule has 0 saturated heterocycles. The lowest BCUT2D eigenvalue weighted by Crippen LogP contribution is -1.93. The molecule has 4 nitrogen and oxygen atoms in total.